The molecule has 20 heavy (non-hydrogen) atoms. The van der Waals surface area contributed by atoms with Gasteiger partial charge in [0.1, 0.15) is 0 Å². The zero-order chi connectivity index (χ0) is 16.3. The van der Waals surface area contributed by atoms with E-state index in [-0.39, 0.29) is 0 Å². The van der Waals surface area contributed by atoms with Gasteiger partial charge in [0.2, 0.25) is 0 Å². The van der Waals surface area contributed by atoms with Gasteiger partial charge >= 0.3 is 29.8 Å². The van der Waals surface area contributed by atoms with Crippen LogP contribution in [0.3, 0.4) is 0 Å². The van der Waals surface area contributed by atoms with E-state index in [2.05, 4.69) is 0 Å². The maximum atomic E-state index is 10.2. The third-order valence-corrected chi connectivity index (χ3v) is 1.28. The summed E-state index contributed by atoms with van der Waals surface area (Å²) in [5.41, 5.74) is -0.657. The molecular weight excluding hydrogens is 280 g/mol. The molecule has 0 saturated carbocycles. The first-order chi connectivity index (χ1) is 9.06. The van der Waals surface area contributed by atoms with Gasteiger partial charge in [0.25, 0.3) is 0 Å². The molecular formula is C10H10O10. The summed E-state index contributed by atoms with van der Waals surface area (Å²) in [4.78, 5) is 49.2. The van der Waals surface area contributed by atoms with Crippen molar-refractivity contribution in [1.82, 2.24) is 0 Å². The first-order valence-corrected chi connectivity index (χ1v) is 4.58. The Hall–Kier alpha value is -3.17. The molecule has 0 rings (SSSR count). The average molecular weight is 290 g/mol. The summed E-state index contributed by atoms with van der Waals surface area (Å²) in [6, 6.07) is 0. The summed E-state index contributed by atoms with van der Waals surface area (Å²) in [5, 5.41) is 40.2. The van der Waals surface area contributed by atoms with Crippen molar-refractivity contribution in [1.29, 1.82) is 0 Å². The van der Waals surface area contributed by atoms with Crippen molar-refractivity contribution in [3.05, 3.63) is 23.8 Å². The zero-order valence-corrected chi connectivity index (χ0v) is 9.72. The van der Waals surface area contributed by atoms with Crippen molar-refractivity contribution in [2.45, 2.75) is 6.42 Å². The number of carboxylic acid groups (broad SMARTS) is 5. The Labute approximate surface area is 110 Å². The maximum Gasteiger partial charge on any atom is 0.332 e. The molecule has 0 fully saturated rings. The van der Waals surface area contributed by atoms with Crippen LogP contribution in [0.5, 0.6) is 0 Å². The van der Waals surface area contributed by atoms with Crippen LogP contribution in [0.15, 0.2) is 23.8 Å². The largest absolute Gasteiger partial charge is 0.481 e. The number of carbonyl (C=O) groups is 5. The number of carboxylic acids is 5. The second-order valence-electron chi connectivity index (χ2n) is 2.89. The number of hydrogen-bond donors (Lipinski definition) is 5. The molecule has 0 saturated heterocycles. The molecule has 0 bridgehead atoms. The Kier molecular flexibility index (Phi) is 9.41. The lowest BCUT2D eigenvalue weighted by molar-refractivity contribution is -0.140. The van der Waals surface area contributed by atoms with Gasteiger partial charge in [0, 0.05) is 18.2 Å². The van der Waals surface area contributed by atoms with E-state index >= 15 is 0 Å². The van der Waals surface area contributed by atoms with Crippen molar-refractivity contribution in [2.24, 2.45) is 0 Å². The highest BCUT2D eigenvalue weighted by molar-refractivity contribution is 5.98. The van der Waals surface area contributed by atoms with E-state index in [4.69, 9.17) is 25.5 Å². The summed E-state index contributed by atoms with van der Waals surface area (Å²) in [6.45, 7) is 0. The van der Waals surface area contributed by atoms with Gasteiger partial charge in [0.05, 0.1) is 12.0 Å². The molecule has 110 valence electrons. The van der Waals surface area contributed by atoms with Crippen LogP contribution < -0.4 is 0 Å². The predicted octanol–water partition coefficient (Wildman–Crippen LogP) is -0.731. The standard InChI is InChI=1S/C6H6O6.C4H4O4/c7-4(8)1-3(6(11)12)2-5(9)10;5-3(6)1-2-4(7)8/h1H,2H2,(H,7,8)(H,9,10)(H,11,12);1-2H,(H,5,6)(H,7,8). The van der Waals surface area contributed by atoms with Gasteiger partial charge in [-0.3, -0.25) is 4.79 Å². The smallest absolute Gasteiger partial charge is 0.332 e. The minimum atomic E-state index is -1.54. The molecule has 0 aromatic carbocycles. The van der Waals surface area contributed by atoms with Crippen molar-refractivity contribution < 1.29 is 49.5 Å². The minimum Gasteiger partial charge on any atom is -0.481 e. The van der Waals surface area contributed by atoms with Crippen molar-refractivity contribution in [2.75, 3.05) is 0 Å². The summed E-state index contributed by atoms with van der Waals surface area (Å²) < 4.78 is 0. The van der Waals surface area contributed by atoms with Crippen LogP contribution in [0, 0.1) is 0 Å². The van der Waals surface area contributed by atoms with Crippen LogP contribution in [0.2, 0.25) is 0 Å². The first-order valence-electron chi connectivity index (χ1n) is 4.58. The Bertz CT molecular complexity index is 454. The molecule has 0 aliphatic carbocycles. The van der Waals surface area contributed by atoms with Crippen LogP contribution in [-0.2, 0) is 24.0 Å². The molecule has 0 aliphatic heterocycles. The first kappa shape index (κ1) is 19.2. The fourth-order valence-electron chi connectivity index (χ4n) is 0.643. The van der Waals surface area contributed by atoms with Crippen molar-refractivity contribution >= 4 is 29.8 Å². The van der Waals surface area contributed by atoms with Gasteiger partial charge < -0.3 is 25.5 Å². The topological polar surface area (TPSA) is 186 Å². The second-order valence-corrected chi connectivity index (χ2v) is 2.89. The fourth-order valence-corrected chi connectivity index (χ4v) is 0.643. The van der Waals surface area contributed by atoms with E-state index in [0.29, 0.717) is 18.2 Å². The lowest BCUT2D eigenvalue weighted by Gasteiger charge is -1.94. The summed E-state index contributed by atoms with van der Waals surface area (Å²) in [6.07, 6.45) is 0.669. The normalized spacial score (nSPS) is 10.3. The van der Waals surface area contributed by atoms with Gasteiger partial charge in [-0.2, -0.15) is 0 Å². The van der Waals surface area contributed by atoms with Crippen LogP contribution in [0.4, 0.5) is 0 Å². The molecule has 0 aromatic heterocycles. The highest BCUT2D eigenvalue weighted by atomic mass is 16.4. The van der Waals surface area contributed by atoms with Crippen LogP contribution >= 0.6 is 0 Å². The highest BCUT2D eigenvalue weighted by Crippen LogP contribution is 2.00. The highest BCUT2D eigenvalue weighted by Gasteiger charge is 2.12. The van der Waals surface area contributed by atoms with E-state index < -0.39 is 41.8 Å². The number of aliphatic carboxylic acids is 5. The quantitative estimate of drug-likeness (QED) is 0.390. The third kappa shape index (κ3) is 14.8. The van der Waals surface area contributed by atoms with Crippen LogP contribution in [0.25, 0.3) is 0 Å². The molecule has 10 heteroatoms. The number of hydrogen-bond acceptors (Lipinski definition) is 5. The van der Waals surface area contributed by atoms with Gasteiger partial charge in [-0.05, 0) is 0 Å². The lowest BCUT2D eigenvalue weighted by Crippen LogP contribution is -2.08. The minimum absolute atomic E-state index is 0.358. The second kappa shape index (κ2) is 9.82. The van der Waals surface area contributed by atoms with Gasteiger partial charge in [-0.1, -0.05) is 0 Å². The van der Waals surface area contributed by atoms with E-state index in [1.54, 1.807) is 0 Å². The fraction of sp³-hybridized carbons (Fsp3) is 0.100. The van der Waals surface area contributed by atoms with Crippen molar-refractivity contribution in [3.8, 4) is 0 Å². The number of rotatable bonds is 6. The lowest BCUT2D eigenvalue weighted by atomic mass is 10.2. The average Bonchev–Trinajstić information content (AvgIpc) is 2.25. The zero-order valence-electron chi connectivity index (χ0n) is 9.72. The molecule has 5 N–H and O–H groups in total. The van der Waals surface area contributed by atoms with Gasteiger partial charge in [0.15, 0.2) is 0 Å². The summed E-state index contributed by atoms with van der Waals surface area (Å²) in [5.74, 6) is -6.92. The SMILES string of the molecule is O=C(O)C=C(CC(=O)O)C(=O)O.O=C(O)C=CC(=O)O. The van der Waals surface area contributed by atoms with E-state index in [1.807, 2.05) is 0 Å². The third-order valence-electron chi connectivity index (χ3n) is 1.28. The molecule has 0 spiro atoms. The Balaban J connectivity index is 0. The van der Waals surface area contributed by atoms with Gasteiger partial charge in [-0.25, -0.2) is 19.2 Å². The monoisotopic (exact) mass is 290 g/mol. The molecule has 10 nitrogen and oxygen atoms in total. The molecule has 0 heterocycles. The molecule has 0 unspecified atom stereocenters. The Morgan fingerprint density at radius 1 is 0.700 bits per heavy atom. The maximum absolute atomic E-state index is 10.2. The summed E-state index contributed by atoms with van der Waals surface area (Å²) >= 11 is 0. The van der Waals surface area contributed by atoms with Gasteiger partial charge in [-0.15, -0.1) is 0 Å². The molecule has 0 amide bonds. The Morgan fingerprint density at radius 2 is 1.10 bits per heavy atom. The summed E-state index contributed by atoms with van der Waals surface area (Å²) in [7, 11) is 0. The van der Waals surface area contributed by atoms with Crippen molar-refractivity contribution in [3.63, 3.8) is 0 Å². The molecule has 0 aromatic rings. The van der Waals surface area contributed by atoms with E-state index in [1.165, 1.54) is 0 Å². The predicted molar refractivity (Wildman–Crippen MR) is 60.0 cm³/mol. The molecule has 0 aliphatic rings. The van der Waals surface area contributed by atoms with E-state index in [9.17, 15) is 24.0 Å². The van der Waals surface area contributed by atoms with E-state index in [0.717, 1.165) is 0 Å². The van der Waals surface area contributed by atoms with Crippen LogP contribution in [0.1, 0.15) is 6.42 Å². The molecule has 0 radical (unpaired) electrons. The van der Waals surface area contributed by atoms with Crippen LogP contribution in [-0.4, -0.2) is 55.4 Å². The molecule has 0 atom stereocenters. The Morgan fingerprint density at radius 3 is 1.30 bits per heavy atom.